The lowest BCUT2D eigenvalue weighted by Gasteiger charge is -2.29. The van der Waals surface area contributed by atoms with Gasteiger partial charge in [0.05, 0.1) is 6.54 Å². The highest BCUT2D eigenvalue weighted by Gasteiger charge is 2.28. The monoisotopic (exact) mass is 421 g/mol. The highest BCUT2D eigenvalue weighted by atomic mass is 16.5. The summed E-state index contributed by atoms with van der Waals surface area (Å²) in [4.78, 5) is 40.7. The van der Waals surface area contributed by atoms with E-state index in [1.165, 1.54) is 23.0 Å². The van der Waals surface area contributed by atoms with E-state index >= 15 is 0 Å². The van der Waals surface area contributed by atoms with Crippen LogP contribution < -0.4 is 4.90 Å². The topological polar surface area (TPSA) is 91.4 Å². The molecule has 0 saturated heterocycles. The zero-order valence-electron chi connectivity index (χ0n) is 18.1. The van der Waals surface area contributed by atoms with Crippen LogP contribution in [0.4, 0.5) is 5.82 Å². The molecule has 0 fully saturated rings. The van der Waals surface area contributed by atoms with Gasteiger partial charge in [-0.3, -0.25) is 14.5 Å². The highest BCUT2D eigenvalue weighted by molar-refractivity contribution is 5.95. The smallest absolute Gasteiger partial charge is 0.248 e. The molecule has 4 rings (SSSR count). The lowest BCUT2D eigenvalue weighted by Crippen LogP contribution is -2.38. The number of carbonyl (C=O) groups excluding carboxylic acids is 2. The van der Waals surface area contributed by atoms with Gasteiger partial charge in [0.25, 0.3) is 0 Å². The number of carbonyl (C=O) groups is 2. The Balaban J connectivity index is 1.58. The number of nitrogens with zero attached hydrogens (tertiary/aromatic N) is 4. The minimum Gasteiger partial charge on any atom is -0.375 e. The fourth-order valence-electron chi connectivity index (χ4n) is 4.04. The van der Waals surface area contributed by atoms with Crippen LogP contribution in [0.3, 0.4) is 0 Å². The number of likely N-dealkylation sites (N-methyl/N-ethyl adjacent to an activating group) is 1. The van der Waals surface area contributed by atoms with Gasteiger partial charge in [0.2, 0.25) is 11.8 Å². The van der Waals surface area contributed by atoms with E-state index in [-0.39, 0.29) is 25.0 Å². The third-order valence-electron chi connectivity index (χ3n) is 5.74. The molecule has 0 aliphatic carbocycles. The number of ether oxygens (including phenoxy) is 1. The second-order valence-corrected chi connectivity index (χ2v) is 7.87. The highest BCUT2D eigenvalue weighted by Crippen LogP contribution is 2.29. The number of aromatic amines is 1. The Morgan fingerprint density at radius 1 is 1.26 bits per heavy atom. The third kappa shape index (κ3) is 4.29. The van der Waals surface area contributed by atoms with Gasteiger partial charge in [-0.05, 0) is 31.4 Å². The Morgan fingerprint density at radius 2 is 2.06 bits per heavy atom. The van der Waals surface area contributed by atoms with Crippen LogP contribution in [0.25, 0.3) is 10.9 Å². The molecule has 2 aromatic heterocycles. The third-order valence-corrected chi connectivity index (χ3v) is 5.74. The summed E-state index contributed by atoms with van der Waals surface area (Å²) in [6, 6.07) is 8.16. The minimum atomic E-state index is -0.145. The first kappa shape index (κ1) is 21.0. The Hall–Kier alpha value is -3.26. The van der Waals surface area contributed by atoms with Gasteiger partial charge in [0.1, 0.15) is 18.2 Å². The molecule has 8 heteroatoms. The normalized spacial score (nSPS) is 13.5. The summed E-state index contributed by atoms with van der Waals surface area (Å²) < 4.78 is 4.92. The number of hydrogen-bond acceptors (Lipinski definition) is 5. The van der Waals surface area contributed by atoms with Crippen molar-refractivity contribution in [1.82, 2.24) is 19.9 Å². The molecule has 8 nitrogen and oxygen atoms in total. The van der Waals surface area contributed by atoms with E-state index < -0.39 is 0 Å². The van der Waals surface area contributed by atoms with Crippen LogP contribution in [0, 0.1) is 6.92 Å². The van der Waals surface area contributed by atoms with Crippen molar-refractivity contribution >= 4 is 28.5 Å². The molecule has 3 aromatic rings. The van der Waals surface area contributed by atoms with Crippen molar-refractivity contribution in [3.05, 3.63) is 53.1 Å². The Kier molecular flexibility index (Phi) is 5.99. The maximum Gasteiger partial charge on any atom is 0.248 e. The summed E-state index contributed by atoms with van der Waals surface area (Å²) in [5.41, 5.74) is 4.13. The number of para-hydroxylation sites is 1. The number of amides is 2. The van der Waals surface area contributed by atoms with Crippen molar-refractivity contribution < 1.29 is 14.3 Å². The van der Waals surface area contributed by atoms with Gasteiger partial charge in [-0.15, -0.1) is 0 Å². The zero-order valence-corrected chi connectivity index (χ0v) is 18.1. The average molecular weight is 422 g/mol. The van der Waals surface area contributed by atoms with Crippen LogP contribution >= 0.6 is 0 Å². The second kappa shape index (κ2) is 8.85. The van der Waals surface area contributed by atoms with Crippen LogP contribution in [0.5, 0.6) is 0 Å². The number of fused-ring (bicyclic) bond motifs is 2. The summed E-state index contributed by atoms with van der Waals surface area (Å²) >= 11 is 0. The fourth-order valence-corrected chi connectivity index (χ4v) is 4.04. The summed E-state index contributed by atoms with van der Waals surface area (Å²) in [5, 5.41) is 1.17. The number of anilines is 1. The molecule has 0 spiro atoms. The van der Waals surface area contributed by atoms with Gasteiger partial charge < -0.3 is 14.6 Å². The molecule has 2 amide bonds. The van der Waals surface area contributed by atoms with Crippen LogP contribution in [0.1, 0.15) is 29.1 Å². The van der Waals surface area contributed by atoms with Crippen molar-refractivity contribution in [2.75, 3.05) is 32.2 Å². The lowest BCUT2D eigenvalue weighted by molar-refractivity contribution is -0.134. The summed E-state index contributed by atoms with van der Waals surface area (Å²) in [6.07, 6.45) is 3.83. The van der Waals surface area contributed by atoms with Gasteiger partial charge in [0, 0.05) is 55.5 Å². The van der Waals surface area contributed by atoms with Gasteiger partial charge >= 0.3 is 0 Å². The van der Waals surface area contributed by atoms with E-state index in [2.05, 4.69) is 16.0 Å². The Morgan fingerprint density at radius 3 is 2.87 bits per heavy atom. The molecular weight excluding hydrogens is 394 g/mol. The van der Waals surface area contributed by atoms with Crippen molar-refractivity contribution in [3.8, 4) is 0 Å². The van der Waals surface area contributed by atoms with Crippen LogP contribution in [-0.2, 0) is 33.7 Å². The average Bonchev–Trinajstić information content (AvgIpc) is 3.16. The first-order valence-corrected chi connectivity index (χ1v) is 10.4. The SMILES string of the molecule is COCC(=O)N(C)Cc1nc(C)c2c(n1)N(CCc1c[nH]c3ccccc13)C(=O)CC2. The number of nitrogens with one attached hydrogen (secondary N) is 1. The van der Waals surface area contributed by atoms with Crippen LogP contribution in [0.15, 0.2) is 30.5 Å². The molecule has 0 unspecified atom stereocenters. The van der Waals surface area contributed by atoms with Gasteiger partial charge in [-0.2, -0.15) is 0 Å². The second-order valence-electron chi connectivity index (χ2n) is 7.87. The summed E-state index contributed by atoms with van der Waals surface area (Å²) in [5.74, 6) is 1.12. The standard InChI is InChI=1S/C23H27N5O3/c1-15-17-8-9-21(29)28(11-10-16-12-24-19-7-5-4-6-18(16)19)23(17)26-20(25-15)13-27(2)22(30)14-31-3/h4-7,12,24H,8-11,13-14H2,1-3H3. The lowest BCUT2D eigenvalue weighted by atomic mass is 10.0. The Labute approximate surface area is 181 Å². The van der Waals surface area contributed by atoms with Crippen LogP contribution in [0.2, 0.25) is 0 Å². The predicted molar refractivity (Wildman–Crippen MR) is 118 cm³/mol. The van der Waals surface area contributed by atoms with Gasteiger partial charge in [-0.25, -0.2) is 9.97 Å². The number of hydrogen-bond donors (Lipinski definition) is 1. The molecule has 1 aromatic carbocycles. The first-order chi connectivity index (χ1) is 15.0. The number of rotatable bonds is 7. The Bertz CT molecular complexity index is 1120. The van der Waals surface area contributed by atoms with E-state index in [0.717, 1.165) is 23.2 Å². The molecule has 0 saturated carbocycles. The minimum absolute atomic E-state index is 0.00958. The summed E-state index contributed by atoms with van der Waals surface area (Å²) in [6.45, 7) is 2.76. The van der Waals surface area contributed by atoms with Gasteiger partial charge in [-0.1, -0.05) is 18.2 Å². The number of methoxy groups -OCH3 is 1. The van der Waals surface area contributed by atoms with Crippen molar-refractivity contribution in [3.63, 3.8) is 0 Å². The van der Waals surface area contributed by atoms with Crippen molar-refractivity contribution in [2.45, 2.75) is 32.7 Å². The molecule has 0 radical (unpaired) electrons. The molecule has 3 heterocycles. The van der Waals surface area contributed by atoms with E-state index in [9.17, 15) is 9.59 Å². The first-order valence-electron chi connectivity index (χ1n) is 10.4. The molecule has 31 heavy (non-hydrogen) atoms. The number of aryl methyl sites for hydroxylation is 1. The van der Waals surface area contributed by atoms with E-state index in [1.807, 2.05) is 31.3 Å². The fraction of sp³-hybridized carbons (Fsp3) is 0.391. The molecule has 1 aliphatic rings. The molecular formula is C23H27N5O3. The molecule has 0 atom stereocenters. The maximum absolute atomic E-state index is 12.8. The number of H-pyrrole nitrogens is 1. The number of aromatic nitrogens is 3. The molecule has 162 valence electrons. The quantitative estimate of drug-likeness (QED) is 0.633. The summed E-state index contributed by atoms with van der Waals surface area (Å²) in [7, 11) is 3.18. The van der Waals surface area contributed by atoms with Crippen molar-refractivity contribution in [2.24, 2.45) is 0 Å². The van der Waals surface area contributed by atoms with Crippen LogP contribution in [-0.4, -0.2) is 59.0 Å². The molecule has 1 N–H and O–H groups in total. The van der Waals surface area contributed by atoms with E-state index in [1.54, 1.807) is 11.9 Å². The number of benzene rings is 1. The zero-order chi connectivity index (χ0) is 22.0. The van der Waals surface area contributed by atoms with E-state index in [0.29, 0.717) is 31.0 Å². The van der Waals surface area contributed by atoms with E-state index in [4.69, 9.17) is 9.72 Å². The maximum atomic E-state index is 12.8. The predicted octanol–water partition coefficient (Wildman–Crippen LogP) is 2.39. The van der Waals surface area contributed by atoms with Gasteiger partial charge in [0.15, 0.2) is 0 Å². The largest absolute Gasteiger partial charge is 0.375 e. The van der Waals surface area contributed by atoms with Crippen molar-refractivity contribution in [1.29, 1.82) is 0 Å². The molecule has 1 aliphatic heterocycles. The molecule has 0 bridgehead atoms.